The maximum atomic E-state index is 12.0. The molecule has 2 aromatic heterocycles. The molecule has 170 valence electrons. The number of aromatic nitrogens is 3. The molecule has 0 amide bonds. The molecule has 0 saturated carbocycles. The van der Waals surface area contributed by atoms with Crippen LogP contribution in [0.1, 0.15) is 37.3 Å². The summed E-state index contributed by atoms with van der Waals surface area (Å²) in [5.74, 6) is 1.60. The summed E-state index contributed by atoms with van der Waals surface area (Å²) in [5.41, 5.74) is 2.74. The highest BCUT2D eigenvalue weighted by molar-refractivity contribution is 5.69. The maximum absolute atomic E-state index is 12.0. The van der Waals surface area contributed by atoms with Gasteiger partial charge in [0.2, 0.25) is 17.6 Å². The van der Waals surface area contributed by atoms with Gasteiger partial charge in [0, 0.05) is 24.2 Å². The SMILES string of the molecule is CC.Cc1ccc(Oc2cccc(-c3noc(CCC(=O)OCc4ccccc4)n3)c2)nc1. The zero-order valence-electron chi connectivity index (χ0n) is 19.0. The van der Waals surface area contributed by atoms with Crippen LogP contribution in [-0.2, 0) is 22.6 Å². The molecule has 0 aliphatic rings. The monoisotopic (exact) mass is 445 g/mol. The smallest absolute Gasteiger partial charge is 0.306 e. The second-order valence-corrected chi connectivity index (χ2v) is 6.96. The molecular weight excluding hydrogens is 418 g/mol. The van der Waals surface area contributed by atoms with Crippen LogP contribution in [0.4, 0.5) is 0 Å². The van der Waals surface area contributed by atoms with Gasteiger partial charge in [0.25, 0.3) is 0 Å². The highest BCUT2D eigenvalue weighted by Gasteiger charge is 2.12. The molecule has 0 atom stereocenters. The third kappa shape index (κ3) is 7.28. The third-order valence-corrected chi connectivity index (χ3v) is 4.45. The van der Waals surface area contributed by atoms with E-state index in [2.05, 4.69) is 15.1 Å². The number of rotatable bonds is 8. The van der Waals surface area contributed by atoms with Crippen molar-refractivity contribution in [3.05, 3.63) is 89.9 Å². The number of ether oxygens (including phenoxy) is 2. The van der Waals surface area contributed by atoms with E-state index in [1.54, 1.807) is 6.20 Å². The number of hydrogen-bond donors (Lipinski definition) is 0. The molecule has 0 fully saturated rings. The first-order valence-electron chi connectivity index (χ1n) is 10.9. The van der Waals surface area contributed by atoms with Crippen molar-refractivity contribution in [2.24, 2.45) is 0 Å². The fraction of sp³-hybridized carbons (Fsp3) is 0.231. The Morgan fingerprint density at radius 2 is 1.82 bits per heavy atom. The number of hydrogen-bond acceptors (Lipinski definition) is 7. The lowest BCUT2D eigenvalue weighted by Crippen LogP contribution is -2.06. The highest BCUT2D eigenvalue weighted by atomic mass is 16.5. The molecule has 7 nitrogen and oxygen atoms in total. The Balaban J connectivity index is 0.00000149. The van der Waals surface area contributed by atoms with Gasteiger partial charge in [-0.2, -0.15) is 4.98 Å². The normalized spacial score (nSPS) is 10.2. The van der Waals surface area contributed by atoms with Crippen LogP contribution >= 0.6 is 0 Å². The van der Waals surface area contributed by atoms with E-state index in [0.29, 0.717) is 29.8 Å². The molecule has 0 aliphatic carbocycles. The van der Waals surface area contributed by atoms with Gasteiger partial charge in [0.15, 0.2) is 0 Å². The number of carbonyl (C=O) groups excluding carboxylic acids is 1. The van der Waals surface area contributed by atoms with Gasteiger partial charge in [0.1, 0.15) is 12.4 Å². The van der Waals surface area contributed by atoms with Crippen LogP contribution in [0, 0.1) is 6.92 Å². The van der Waals surface area contributed by atoms with Crippen molar-refractivity contribution in [3.8, 4) is 23.0 Å². The molecule has 33 heavy (non-hydrogen) atoms. The van der Waals surface area contributed by atoms with Crippen molar-refractivity contribution in [2.75, 3.05) is 0 Å². The molecule has 0 spiro atoms. The lowest BCUT2D eigenvalue weighted by Gasteiger charge is -2.05. The summed E-state index contributed by atoms with van der Waals surface area (Å²) in [5, 5.41) is 4.01. The molecule has 2 aromatic carbocycles. The Bertz CT molecular complexity index is 1140. The van der Waals surface area contributed by atoms with Gasteiger partial charge in [-0.05, 0) is 30.2 Å². The van der Waals surface area contributed by atoms with E-state index < -0.39 is 0 Å². The van der Waals surface area contributed by atoms with E-state index in [1.165, 1.54) is 0 Å². The first-order chi connectivity index (χ1) is 16.2. The molecule has 4 aromatic rings. The van der Waals surface area contributed by atoms with Crippen LogP contribution in [-0.4, -0.2) is 21.1 Å². The Kier molecular flexibility index (Phi) is 8.71. The van der Waals surface area contributed by atoms with Gasteiger partial charge >= 0.3 is 5.97 Å². The van der Waals surface area contributed by atoms with Crippen LogP contribution < -0.4 is 4.74 Å². The zero-order chi connectivity index (χ0) is 23.5. The van der Waals surface area contributed by atoms with Gasteiger partial charge in [-0.15, -0.1) is 0 Å². The van der Waals surface area contributed by atoms with Crippen LogP contribution in [0.5, 0.6) is 11.6 Å². The third-order valence-electron chi connectivity index (χ3n) is 4.45. The summed E-state index contributed by atoms with van der Waals surface area (Å²) >= 11 is 0. The fourth-order valence-electron chi connectivity index (χ4n) is 2.83. The van der Waals surface area contributed by atoms with Crippen molar-refractivity contribution < 1.29 is 18.8 Å². The molecule has 2 heterocycles. The number of nitrogens with zero attached hydrogens (tertiary/aromatic N) is 3. The first-order valence-corrected chi connectivity index (χ1v) is 10.9. The fourth-order valence-corrected chi connectivity index (χ4v) is 2.83. The van der Waals surface area contributed by atoms with Gasteiger partial charge in [-0.25, -0.2) is 4.98 Å². The Labute approximate surface area is 193 Å². The predicted molar refractivity (Wildman–Crippen MR) is 125 cm³/mol. The molecule has 0 radical (unpaired) electrons. The number of carbonyl (C=O) groups is 1. The van der Waals surface area contributed by atoms with Crippen molar-refractivity contribution in [1.29, 1.82) is 0 Å². The van der Waals surface area contributed by atoms with Gasteiger partial charge in [0.05, 0.1) is 6.42 Å². The number of pyridine rings is 1. The predicted octanol–water partition coefficient (Wildman–Crippen LogP) is 5.93. The molecule has 4 rings (SSSR count). The van der Waals surface area contributed by atoms with Crippen LogP contribution in [0.3, 0.4) is 0 Å². The molecule has 0 aliphatic heterocycles. The lowest BCUT2D eigenvalue weighted by atomic mass is 10.2. The first kappa shape index (κ1) is 23.7. The van der Waals surface area contributed by atoms with E-state index in [9.17, 15) is 4.79 Å². The minimum Gasteiger partial charge on any atom is -0.461 e. The van der Waals surface area contributed by atoms with Gasteiger partial charge < -0.3 is 14.0 Å². The van der Waals surface area contributed by atoms with Crippen molar-refractivity contribution in [3.63, 3.8) is 0 Å². The van der Waals surface area contributed by atoms with Crippen molar-refractivity contribution >= 4 is 5.97 Å². The second-order valence-electron chi connectivity index (χ2n) is 6.96. The quantitative estimate of drug-likeness (QED) is 0.310. The van der Waals surface area contributed by atoms with Gasteiger partial charge in [-0.1, -0.05) is 67.5 Å². The van der Waals surface area contributed by atoms with Crippen LogP contribution in [0.2, 0.25) is 0 Å². The lowest BCUT2D eigenvalue weighted by molar-refractivity contribution is -0.145. The van der Waals surface area contributed by atoms with Crippen LogP contribution in [0.15, 0.2) is 77.4 Å². The largest absolute Gasteiger partial charge is 0.461 e. The minimum atomic E-state index is -0.315. The molecule has 0 unspecified atom stereocenters. The van der Waals surface area contributed by atoms with Crippen molar-refractivity contribution in [1.82, 2.24) is 15.1 Å². The summed E-state index contributed by atoms with van der Waals surface area (Å²) in [6, 6.07) is 20.6. The van der Waals surface area contributed by atoms with E-state index in [0.717, 1.165) is 16.7 Å². The molecular formula is C26H27N3O4. The summed E-state index contributed by atoms with van der Waals surface area (Å²) in [4.78, 5) is 20.6. The second kappa shape index (κ2) is 12.1. The molecule has 0 saturated heterocycles. The summed E-state index contributed by atoms with van der Waals surface area (Å²) < 4.78 is 16.3. The summed E-state index contributed by atoms with van der Waals surface area (Å²) in [6.45, 7) is 6.21. The van der Waals surface area contributed by atoms with Crippen LogP contribution in [0.25, 0.3) is 11.4 Å². The topological polar surface area (TPSA) is 87.3 Å². The number of benzene rings is 2. The number of esters is 1. The van der Waals surface area contributed by atoms with Crippen molar-refractivity contribution in [2.45, 2.75) is 40.2 Å². The van der Waals surface area contributed by atoms with E-state index in [4.69, 9.17) is 14.0 Å². The van der Waals surface area contributed by atoms with E-state index >= 15 is 0 Å². The highest BCUT2D eigenvalue weighted by Crippen LogP contribution is 2.25. The molecule has 0 bridgehead atoms. The molecule has 0 N–H and O–H groups in total. The van der Waals surface area contributed by atoms with Gasteiger partial charge in [-0.3, -0.25) is 4.79 Å². The Morgan fingerprint density at radius 1 is 1.00 bits per heavy atom. The van der Waals surface area contributed by atoms with E-state index in [-0.39, 0.29) is 19.0 Å². The summed E-state index contributed by atoms with van der Waals surface area (Å²) in [6.07, 6.45) is 2.22. The number of aryl methyl sites for hydroxylation is 2. The van der Waals surface area contributed by atoms with E-state index in [1.807, 2.05) is 87.5 Å². The zero-order valence-corrected chi connectivity index (χ0v) is 19.0. The average molecular weight is 446 g/mol. The summed E-state index contributed by atoms with van der Waals surface area (Å²) in [7, 11) is 0. The maximum Gasteiger partial charge on any atom is 0.306 e. The standard InChI is InChI=1S/C24H21N3O4.C2H6/c1-17-10-11-21(25-15-17)30-20-9-5-8-19(14-20)24-26-22(31-27-24)12-13-23(28)29-16-18-6-3-2-4-7-18;1-2/h2-11,14-15H,12-13,16H2,1H3;1-2H3. The average Bonchev–Trinajstić information content (AvgIpc) is 3.34. The Morgan fingerprint density at radius 3 is 2.58 bits per heavy atom. The Hall–Kier alpha value is -4.00. The molecule has 7 heteroatoms. The minimum absolute atomic E-state index is 0.163.